The van der Waals surface area contributed by atoms with Crippen molar-refractivity contribution in [3.63, 3.8) is 0 Å². The molecule has 0 bridgehead atoms. The van der Waals surface area contributed by atoms with Crippen LogP contribution in [0.25, 0.3) is 0 Å². The number of aliphatic imine (C=N–C) groups is 1. The first-order valence-electron chi connectivity index (χ1n) is 8.20. The predicted molar refractivity (Wildman–Crippen MR) is 96.4 cm³/mol. The predicted octanol–water partition coefficient (Wildman–Crippen LogP) is 1.77. The highest BCUT2D eigenvalue weighted by molar-refractivity contribution is 7.90. The summed E-state index contributed by atoms with van der Waals surface area (Å²) >= 11 is 0. The number of sulfone groups is 1. The smallest absolute Gasteiger partial charge is 0.194 e. The fourth-order valence-corrected chi connectivity index (χ4v) is 3.35. The van der Waals surface area contributed by atoms with Gasteiger partial charge in [-0.15, -0.1) is 0 Å². The number of hydrogen-bond acceptors (Lipinski definition) is 4. The molecule has 1 atom stereocenters. The van der Waals surface area contributed by atoms with Crippen LogP contribution < -0.4 is 10.1 Å². The lowest BCUT2D eigenvalue weighted by Crippen LogP contribution is -2.30. The van der Waals surface area contributed by atoms with Gasteiger partial charge in [0, 0.05) is 25.9 Å². The molecule has 0 radical (unpaired) electrons. The summed E-state index contributed by atoms with van der Waals surface area (Å²) < 4.78 is 28.4. The molecule has 1 heterocycles. The van der Waals surface area contributed by atoms with Crippen molar-refractivity contribution in [1.82, 2.24) is 10.2 Å². The van der Waals surface area contributed by atoms with E-state index in [9.17, 15) is 8.42 Å². The standard InChI is InChI=1S/C17H27N3O3S/c1-13(2)11-14-12-20(3)17(19-14)18-9-10-23-15-5-7-16(8-6-15)24(4,21)22/h5-8,13-14H,9-12H2,1-4H3,(H,18,19). The fourth-order valence-electron chi connectivity index (χ4n) is 2.72. The average molecular weight is 353 g/mol. The van der Waals surface area contributed by atoms with Crippen molar-refractivity contribution in [2.24, 2.45) is 10.9 Å². The second-order valence-electron chi connectivity index (χ2n) is 6.65. The first-order valence-corrected chi connectivity index (χ1v) is 10.1. The summed E-state index contributed by atoms with van der Waals surface area (Å²) in [5, 5.41) is 3.45. The largest absolute Gasteiger partial charge is 0.492 e. The Hall–Kier alpha value is -1.76. The lowest BCUT2D eigenvalue weighted by Gasteiger charge is -2.11. The highest BCUT2D eigenvalue weighted by Gasteiger charge is 2.24. The van der Waals surface area contributed by atoms with Gasteiger partial charge in [0.2, 0.25) is 0 Å². The van der Waals surface area contributed by atoms with Gasteiger partial charge < -0.3 is 15.0 Å². The van der Waals surface area contributed by atoms with E-state index in [0.717, 1.165) is 18.9 Å². The van der Waals surface area contributed by atoms with Crippen LogP contribution in [0.4, 0.5) is 0 Å². The Morgan fingerprint density at radius 1 is 1.33 bits per heavy atom. The summed E-state index contributed by atoms with van der Waals surface area (Å²) in [4.78, 5) is 6.97. The van der Waals surface area contributed by atoms with Crippen molar-refractivity contribution in [2.75, 3.05) is 33.0 Å². The molecule has 0 aliphatic carbocycles. The Morgan fingerprint density at radius 2 is 2.00 bits per heavy atom. The summed E-state index contributed by atoms with van der Waals surface area (Å²) in [6.45, 7) is 6.42. The number of nitrogens with zero attached hydrogens (tertiary/aromatic N) is 2. The monoisotopic (exact) mass is 353 g/mol. The van der Waals surface area contributed by atoms with Crippen LogP contribution in [0.5, 0.6) is 5.75 Å². The molecule has 1 N–H and O–H groups in total. The van der Waals surface area contributed by atoms with Crippen molar-refractivity contribution in [2.45, 2.75) is 31.2 Å². The van der Waals surface area contributed by atoms with E-state index in [1.54, 1.807) is 24.3 Å². The van der Waals surface area contributed by atoms with E-state index in [-0.39, 0.29) is 0 Å². The van der Waals surface area contributed by atoms with Crippen LogP contribution in [0.2, 0.25) is 0 Å². The van der Waals surface area contributed by atoms with Gasteiger partial charge in [-0.2, -0.15) is 0 Å². The number of benzene rings is 1. The zero-order chi connectivity index (χ0) is 17.7. The maximum atomic E-state index is 11.4. The van der Waals surface area contributed by atoms with Crippen molar-refractivity contribution in [3.05, 3.63) is 24.3 Å². The Bertz CT molecular complexity index is 669. The maximum Gasteiger partial charge on any atom is 0.194 e. The number of nitrogens with one attached hydrogen (secondary N) is 1. The van der Waals surface area contributed by atoms with Gasteiger partial charge in [0.25, 0.3) is 0 Å². The third-order valence-corrected chi connectivity index (χ3v) is 4.95. The van der Waals surface area contributed by atoms with Crippen molar-refractivity contribution >= 4 is 15.8 Å². The zero-order valence-electron chi connectivity index (χ0n) is 14.8. The third-order valence-electron chi connectivity index (χ3n) is 3.82. The maximum absolute atomic E-state index is 11.4. The van der Waals surface area contributed by atoms with E-state index in [1.165, 1.54) is 6.26 Å². The van der Waals surface area contributed by atoms with Gasteiger partial charge in [-0.05, 0) is 36.6 Å². The van der Waals surface area contributed by atoms with Crippen molar-refractivity contribution in [3.8, 4) is 5.75 Å². The van der Waals surface area contributed by atoms with E-state index in [0.29, 0.717) is 35.8 Å². The molecular weight excluding hydrogens is 326 g/mol. The summed E-state index contributed by atoms with van der Waals surface area (Å²) in [6.07, 6.45) is 2.32. The van der Waals surface area contributed by atoms with E-state index in [2.05, 4.69) is 29.1 Å². The van der Waals surface area contributed by atoms with Crippen LogP contribution in [0.1, 0.15) is 20.3 Å². The first-order chi connectivity index (χ1) is 11.3. The highest BCUT2D eigenvalue weighted by Crippen LogP contribution is 2.16. The Morgan fingerprint density at radius 3 is 2.58 bits per heavy atom. The molecule has 0 aromatic heterocycles. The second kappa shape index (κ2) is 7.88. The van der Waals surface area contributed by atoms with Crippen LogP contribution >= 0.6 is 0 Å². The minimum absolute atomic E-state index is 0.295. The van der Waals surface area contributed by atoms with Gasteiger partial charge in [-0.1, -0.05) is 13.8 Å². The van der Waals surface area contributed by atoms with Crippen LogP contribution in [0, 0.1) is 5.92 Å². The Balaban J connectivity index is 1.80. The number of guanidine groups is 1. The second-order valence-corrected chi connectivity index (χ2v) is 8.66. The molecule has 1 unspecified atom stereocenters. The molecule has 0 saturated carbocycles. The highest BCUT2D eigenvalue weighted by atomic mass is 32.2. The molecule has 134 valence electrons. The van der Waals surface area contributed by atoms with Crippen molar-refractivity contribution < 1.29 is 13.2 Å². The molecule has 1 fully saturated rings. The average Bonchev–Trinajstić information content (AvgIpc) is 2.82. The lowest BCUT2D eigenvalue weighted by molar-refractivity contribution is 0.328. The van der Waals surface area contributed by atoms with Crippen LogP contribution in [-0.4, -0.2) is 58.3 Å². The Labute approximate surface area is 144 Å². The molecule has 1 aromatic rings. The van der Waals surface area contributed by atoms with Crippen LogP contribution in [0.15, 0.2) is 34.2 Å². The molecule has 24 heavy (non-hydrogen) atoms. The zero-order valence-corrected chi connectivity index (χ0v) is 15.6. The van der Waals surface area contributed by atoms with Gasteiger partial charge in [0.15, 0.2) is 15.8 Å². The summed E-state index contributed by atoms with van der Waals surface area (Å²) in [6, 6.07) is 6.90. The quantitative estimate of drug-likeness (QED) is 0.757. The number of ether oxygens (including phenoxy) is 1. The number of likely N-dealkylation sites (N-methyl/N-ethyl adjacent to an activating group) is 1. The van der Waals surface area contributed by atoms with Gasteiger partial charge in [-0.25, -0.2) is 13.4 Å². The SMILES string of the molecule is CC(C)CC1CN(C)C(=NCCOc2ccc(S(C)(=O)=O)cc2)N1. The van der Waals surface area contributed by atoms with E-state index in [4.69, 9.17) is 4.74 Å². The number of rotatable bonds is 7. The van der Waals surface area contributed by atoms with E-state index >= 15 is 0 Å². The van der Waals surface area contributed by atoms with Gasteiger partial charge in [-0.3, -0.25) is 0 Å². The lowest BCUT2D eigenvalue weighted by atomic mass is 10.0. The van der Waals surface area contributed by atoms with E-state index < -0.39 is 9.84 Å². The molecule has 0 amide bonds. The molecule has 0 spiro atoms. The van der Waals surface area contributed by atoms with Crippen molar-refractivity contribution in [1.29, 1.82) is 0 Å². The van der Waals surface area contributed by atoms with Gasteiger partial charge in [0.1, 0.15) is 12.4 Å². The topological polar surface area (TPSA) is 71.0 Å². The minimum Gasteiger partial charge on any atom is -0.492 e. The molecule has 1 aromatic carbocycles. The molecule has 7 heteroatoms. The molecular formula is C17H27N3O3S. The van der Waals surface area contributed by atoms with Gasteiger partial charge >= 0.3 is 0 Å². The molecule has 6 nitrogen and oxygen atoms in total. The number of hydrogen-bond donors (Lipinski definition) is 1. The molecule has 1 saturated heterocycles. The van der Waals surface area contributed by atoms with Crippen LogP contribution in [0.3, 0.4) is 0 Å². The van der Waals surface area contributed by atoms with Crippen LogP contribution in [-0.2, 0) is 9.84 Å². The Kier molecular flexibility index (Phi) is 6.10. The minimum atomic E-state index is -3.17. The summed E-state index contributed by atoms with van der Waals surface area (Å²) in [5.41, 5.74) is 0. The molecule has 1 aliphatic rings. The first kappa shape index (κ1) is 18.6. The van der Waals surface area contributed by atoms with Gasteiger partial charge in [0.05, 0.1) is 11.4 Å². The van der Waals surface area contributed by atoms with E-state index in [1.807, 2.05) is 7.05 Å². The third kappa shape index (κ3) is 5.40. The molecule has 2 rings (SSSR count). The fraction of sp³-hybridized carbons (Fsp3) is 0.588. The summed E-state index contributed by atoms with van der Waals surface area (Å²) in [7, 11) is -1.13. The summed E-state index contributed by atoms with van der Waals surface area (Å²) in [5.74, 6) is 2.22. The normalized spacial score (nSPS) is 19.8. The molecule has 1 aliphatic heterocycles.